The van der Waals surface area contributed by atoms with E-state index in [4.69, 9.17) is 0 Å². The first-order chi connectivity index (χ1) is 11.3. The van der Waals surface area contributed by atoms with E-state index in [0.29, 0.717) is 11.7 Å². The molecule has 2 N–H and O–H groups in total. The Labute approximate surface area is 134 Å². The highest BCUT2D eigenvalue weighted by atomic mass is 16.1. The molecule has 1 heterocycles. The minimum Gasteiger partial charge on any atom is -0.367 e. The van der Waals surface area contributed by atoms with Crippen molar-refractivity contribution in [2.75, 3.05) is 10.6 Å². The van der Waals surface area contributed by atoms with E-state index in [1.807, 2.05) is 54.6 Å². The van der Waals surface area contributed by atoms with Gasteiger partial charge in [-0.1, -0.05) is 42.5 Å². The highest BCUT2D eigenvalue weighted by Gasteiger charge is 2.21. The summed E-state index contributed by atoms with van der Waals surface area (Å²) in [5.41, 5.74) is 1.22. The number of rotatable bonds is 4. The van der Waals surface area contributed by atoms with Gasteiger partial charge in [-0.25, -0.2) is 4.98 Å². The van der Waals surface area contributed by atoms with E-state index in [-0.39, 0.29) is 5.91 Å². The molecule has 2 aromatic carbocycles. The number of carbonyl (C=O) groups excluding carboxylic acids is 1. The molecular formula is C19H17N3O. The molecule has 23 heavy (non-hydrogen) atoms. The van der Waals surface area contributed by atoms with Crippen molar-refractivity contribution in [3.05, 3.63) is 66.4 Å². The normalized spacial score (nSPS) is 13.7. The lowest BCUT2D eigenvalue weighted by Gasteiger charge is -2.09. The Balaban J connectivity index is 1.59. The summed E-state index contributed by atoms with van der Waals surface area (Å²) >= 11 is 0. The van der Waals surface area contributed by atoms with Gasteiger partial charge in [0.15, 0.2) is 0 Å². The van der Waals surface area contributed by atoms with Gasteiger partial charge < -0.3 is 10.6 Å². The molecular weight excluding hydrogens is 286 g/mol. The monoisotopic (exact) mass is 303 g/mol. The molecule has 0 atom stereocenters. The Morgan fingerprint density at radius 1 is 0.957 bits per heavy atom. The van der Waals surface area contributed by atoms with Crippen molar-refractivity contribution >= 4 is 28.2 Å². The van der Waals surface area contributed by atoms with Crippen molar-refractivity contribution in [2.24, 2.45) is 0 Å². The average Bonchev–Trinajstić information content (AvgIpc) is 3.39. The molecule has 0 spiro atoms. The second kappa shape index (κ2) is 5.72. The zero-order chi connectivity index (χ0) is 15.6. The minimum absolute atomic E-state index is 0.194. The molecule has 0 saturated heterocycles. The zero-order valence-corrected chi connectivity index (χ0v) is 12.6. The first-order valence-electron chi connectivity index (χ1n) is 7.82. The van der Waals surface area contributed by atoms with Crippen molar-refractivity contribution in [2.45, 2.75) is 18.9 Å². The van der Waals surface area contributed by atoms with Crippen LogP contribution in [-0.2, 0) is 0 Å². The summed E-state index contributed by atoms with van der Waals surface area (Å²) in [4.78, 5) is 16.9. The lowest BCUT2D eigenvalue weighted by molar-refractivity contribution is 0.102. The molecule has 1 fully saturated rings. The molecule has 1 saturated carbocycles. The Kier molecular flexibility index (Phi) is 3.42. The third-order valence-electron chi connectivity index (χ3n) is 3.95. The highest BCUT2D eigenvalue weighted by Crippen LogP contribution is 2.25. The number of nitrogens with one attached hydrogen (secondary N) is 2. The van der Waals surface area contributed by atoms with Gasteiger partial charge in [0.05, 0.1) is 0 Å². The summed E-state index contributed by atoms with van der Waals surface area (Å²) < 4.78 is 0. The molecule has 4 nitrogen and oxygen atoms in total. The lowest BCUT2D eigenvalue weighted by atomic mass is 10.1. The van der Waals surface area contributed by atoms with Crippen LogP contribution in [0.2, 0.25) is 0 Å². The summed E-state index contributed by atoms with van der Waals surface area (Å²) in [6.45, 7) is 0. The summed E-state index contributed by atoms with van der Waals surface area (Å²) in [7, 11) is 0. The number of nitrogens with zero attached hydrogens (tertiary/aromatic N) is 1. The van der Waals surface area contributed by atoms with Crippen LogP contribution in [0.1, 0.15) is 23.3 Å². The maximum Gasteiger partial charge on any atom is 0.274 e. The van der Waals surface area contributed by atoms with Crippen LogP contribution in [0.15, 0.2) is 60.7 Å². The Morgan fingerprint density at radius 2 is 1.74 bits per heavy atom. The van der Waals surface area contributed by atoms with Gasteiger partial charge in [-0.3, -0.25) is 4.79 Å². The van der Waals surface area contributed by atoms with Gasteiger partial charge >= 0.3 is 0 Å². The number of pyridine rings is 1. The van der Waals surface area contributed by atoms with Crippen molar-refractivity contribution in [1.29, 1.82) is 0 Å². The Hall–Kier alpha value is -2.88. The van der Waals surface area contributed by atoms with Crippen molar-refractivity contribution < 1.29 is 4.79 Å². The van der Waals surface area contributed by atoms with E-state index in [2.05, 4.69) is 15.6 Å². The average molecular weight is 303 g/mol. The Morgan fingerprint density at radius 3 is 2.61 bits per heavy atom. The predicted molar refractivity (Wildman–Crippen MR) is 92.8 cm³/mol. The molecule has 4 heteroatoms. The fourth-order valence-corrected chi connectivity index (χ4v) is 2.60. The smallest absolute Gasteiger partial charge is 0.274 e. The van der Waals surface area contributed by atoms with Gasteiger partial charge in [-0.05, 0) is 36.4 Å². The van der Waals surface area contributed by atoms with Crippen LogP contribution >= 0.6 is 0 Å². The predicted octanol–water partition coefficient (Wildman–Crippen LogP) is 4.06. The summed E-state index contributed by atoms with van der Waals surface area (Å²) in [6, 6.07) is 19.9. The fourth-order valence-electron chi connectivity index (χ4n) is 2.60. The fraction of sp³-hybridized carbons (Fsp3) is 0.158. The molecule has 1 aliphatic rings. The summed E-state index contributed by atoms with van der Waals surface area (Å²) in [6.07, 6.45) is 2.35. The molecule has 0 radical (unpaired) electrons. The van der Waals surface area contributed by atoms with Crippen molar-refractivity contribution in [3.8, 4) is 0 Å². The quantitative estimate of drug-likeness (QED) is 0.764. The van der Waals surface area contributed by atoms with Crippen LogP contribution in [0, 0.1) is 0 Å². The first-order valence-corrected chi connectivity index (χ1v) is 7.82. The summed E-state index contributed by atoms with van der Waals surface area (Å²) in [5, 5.41) is 8.40. The van der Waals surface area contributed by atoms with E-state index in [9.17, 15) is 4.79 Å². The number of fused-ring (bicyclic) bond motifs is 1. The standard InChI is InChI=1S/C19H17N3O/c23-19(17-9-4-10-18(21-17)20-14-11-12-14)22-16-8-3-6-13-5-1-2-7-15(13)16/h1-10,14H,11-12H2,(H,20,21)(H,22,23). The van der Waals surface area contributed by atoms with Gasteiger partial charge in [-0.2, -0.15) is 0 Å². The van der Waals surface area contributed by atoms with Crippen LogP contribution in [0.3, 0.4) is 0 Å². The van der Waals surface area contributed by atoms with Gasteiger partial charge in [0.1, 0.15) is 11.5 Å². The number of anilines is 2. The molecule has 114 valence electrons. The second-order valence-corrected chi connectivity index (χ2v) is 5.81. The molecule has 0 unspecified atom stereocenters. The molecule has 1 aliphatic carbocycles. The zero-order valence-electron chi connectivity index (χ0n) is 12.6. The van der Waals surface area contributed by atoms with Crippen LogP contribution < -0.4 is 10.6 Å². The van der Waals surface area contributed by atoms with Crippen LogP contribution in [0.25, 0.3) is 10.8 Å². The van der Waals surface area contributed by atoms with Gasteiger partial charge in [0.2, 0.25) is 0 Å². The van der Waals surface area contributed by atoms with Crippen LogP contribution in [0.5, 0.6) is 0 Å². The largest absolute Gasteiger partial charge is 0.367 e. The summed E-state index contributed by atoms with van der Waals surface area (Å²) in [5.74, 6) is 0.568. The van der Waals surface area contributed by atoms with Crippen LogP contribution in [0.4, 0.5) is 11.5 Å². The number of benzene rings is 2. The topological polar surface area (TPSA) is 54.0 Å². The van der Waals surface area contributed by atoms with Gasteiger partial charge in [-0.15, -0.1) is 0 Å². The third kappa shape index (κ3) is 3.01. The molecule has 4 rings (SSSR count). The number of amides is 1. The number of hydrogen-bond donors (Lipinski definition) is 2. The highest BCUT2D eigenvalue weighted by molar-refractivity contribution is 6.08. The molecule has 0 aliphatic heterocycles. The van der Waals surface area contributed by atoms with E-state index in [1.165, 1.54) is 12.8 Å². The maximum absolute atomic E-state index is 12.5. The maximum atomic E-state index is 12.5. The van der Waals surface area contributed by atoms with Crippen molar-refractivity contribution in [1.82, 2.24) is 4.98 Å². The first kappa shape index (κ1) is 13.8. The van der Waals surface area contributed by atoms with Gasteiger partial charge in [0.25, 0.3) is 5.91 Å². The number of carbonyl (C=O) groups is 1. The van der Waals surface area contributed by atoms with E-state index >= 15 is 0 Å². The number of hydrogen-bond acceptors (Lipinski definition) is 3. The van der Waals surface area contributed by atoms with E-state index < -0.39 is 0 Å². The van der Waals surface area contributed by atoms with Gasteiger partial charge in [0, 0.05) is 17.1 Å². The molecule has 1 amide bonds. The minimum atomic E-state index is -0.194. The SMILES string of the molecule is O=C(Nc1cccc2ccccc12)c1cccc(NC2CC2)n1. The lowest BCUT2D eigenvalue weighted by Crippen LogP contribution is -2.15. The van der Waals surface area contributed by atoms with E-state index in [0.717, 1.165) is 22.3 Å². The molecule has 3 aromatic rings. The van der Waals surface area contributed by atoms with E-state index in [1.54, 1.807) is 6.07 Å². The second-order valence-electron chi connectivity index (χ2n) is 5.81. The molecule has 0 bridgehead atoms. The molecule has 1 aromatic heterocycles. The van der Waals surface area contributed by atoms with Crippen molar-refractivity contribution in [3.63, 3.8) is 0 Å². The number of aromatic nitrogens is 1. The third-order valence-corrected chi connectivity index (χ3v) is 3.95. The Bertz CT molecular complexity index is 866. The van der Waals surface area contributed by atoms with Crippen LogP contribution in [-0.4, -0.2) is 16.9 Å².